The molecule has 1 N–H and O–H groups in total. The van der Waals surface area contributed by atoms with E-state index in [4.69, 9.17) is 62.8 Å². The van der Waals surface area contributed by atoms with Crippen molar-refractivity contribution < 1.29 is 5.11 Å². The normalized spacial score (nSPS) is 27.9. The third-order valence-electron chi connectivity index (χ3n) is 3.34. The molecule has 0 aromatic carbocycles. The molecule has 0 saturated heterocycles. The fraction of sp³-hybridized carbons (Fsp3) is 0.600. The maximum Gasteiger partial charge on any atom is 0.0921 e. The number of rotatable bonds is 3. The minimum absolute atomic E-state index is 0.0490. The lowest BCUT2D eigenvalue weighted by molar-refractivity contribution is 0.0714. The van der Waals surface area contributed by atoms with Crippen molar-refractivity contribution in [2.24, 2.45) is 5.92 Å². The molecule has 0 spiro atoms. The molecule has 0 heterocycles. The lowest BCUT2D eigenvalue weighted by Crippen LogP contribution is -2.45. The number of hydrogen-bond donors (Lipinski definition) is 1. The Kier molecular flexibility index (Phi) is 4.83. The van der Waals surface area contributed by atoms with Crippen molar-refractivity contribution in [1.29, 1.82) is 0 Å². The van der Waals surface area contributed by atoms with Gasteiger partial charge in [0, 0.05) is 0 Å². The Bertz CT molecular complexity index is 401. The van der Waals surface area contributed by atoms with Gasteiger partial charge < -0.3 is 5.11 Å². The van der Waals surface area contributed by atoms with E-state index in [0.29, 0.717) is 12.0 Å². The first-order valence-corrected chi connectivity index (χ1v) is 5.79. The van der Waals surface area contributed by atoms with E-state index in [1.165, 1.54) is 6.08 Å². The molecule has 0 aliphatic heterocycles. The Morgan fingerprint density at radius 2 is 1.63 bits per heavy atom. The number of aliphatic hydroxyl groups is 1. The van der Waals surface area contributed by atoms with Gasteiger partial charge in [-0.3, -0.25) is 0 Å². The molecule has 2 atom stereocenters. The molecule has 1 rings (SSSR count). The second kappa shape index (κ2) is 5.39. The third kappa shape index (κ3) is 3.74. The van der Waals surface area contributed by atoms with Gasteiger partial charge in [-0.2, -0.15) is 5.37 Å². The molecule has 2 unspecified atom stereocenters. The van der Waals surface area contributed by atoms with E-state index >= 15 is 0 Å². The Balaban J connectivity index is 3.06. The summed E-state index contributed by atoms with van der Waals surface area (Å²) >= 11 is 0. The van der Waals surface area contributed by atoms with Crippen LogP contribution in [0.4, 0.5) is 0 Å². The fourth-order valence-corrected chi connectivity index (χ4v) is 2.22. The van der Waals surface area contributed by atoms with Crippen LogP contribution in [0.1, 0.15) is 12.8 Å². The standard InChI is InChI=1S/C10H8B8O/c11-7(12)6(9(13,14)15)5-1-3-8(19,4-2-5)10(16,17)18/h1,3,5,19H,2,4H2. The summed E-state index contributed by atoms with van der Waals surface area (Å²) in [5.41, 5.74) is -1.24. The van der Waals surface area contributed by atoms with E-state index in [0.717, 1.165) is 0 Å². The van der Waals surface area contributed by atoms with E-state index in [-0.39, 0.29) is 17.7 Å². The van der Waals surface area contributed by atoms with Crippen molar-refractivity contribution in [3.63, 3.8) is 0 Å². The van der Waals surface area contributed by atoms with E-state index < -0.39 is 15.8 Å². The van der Waals surface area contributed by atoms with Crippen molar-refractivity contribution in [2.45, 2.75) is 28.7 Å². The predicted molar refractivity (Wildman–Crippen MR) is 85.3 cm³/mol. The van der Waals surface area contributed by atoms with Crippen molar-refractivity contribution in [2.75, 3.05) is 0 Å². The summed E-state index contributed by atoms with van der Waals surface area (Å²) < 4.78 is 0. The molecule has 0 amide bonds. The third-order valence-corrected chi connectivity index (χ3v) is 3.34. The lowest BCUT2D eigenvalue weighted by atomic mass is 9.34. The molecule has 1 nitrogen and oxygen atoms in total. The van der Waals surface area contributed by atoms with Gasteiger partial charge in [-0.15, -0.1) is 10.7 Å². The monoisotopic (exact) mass is 232 g/mol. The topological polar surface area (TPSA) is 20.2 Å². The van der Waals surface area contributed by atoms with Gasteiger partial charge in [0.25, 0.3) is 0 Å². The molecule has 1 aliphatic rings. The summed E-state index contributed by atoms with van der Waals surface area (Å²) in [6.45, 7) is 0. The van der Waals surface area contributed by atoms with Crippen LogP contribution in [0.2, 0.25) is 10.2 Å². The average Bonchev–Trinajstić information content (AvgIpc) is 2.17. The lowest BCUT2D eigenvalue weighted by Gasteiger charge is -2.45. The fourth-order valence-electron chi connectivity index (χ4n) is 2.22. The largest absolute Gasteiger partial charge is 0.388 e. The van der Waals surface area contributed by atoms with Gasteiger partial charge in [0.1, 0.15) is 0 Å². The number of allylic oxidation sites excluding steroid dienone is 2. The van der Waals surface area contributed by atoms with Crippen LogP contribution in [-0.4, -0.2) is 73.5 Å². The van der Waals surface area contributed by atoms with Crippen LogP contribution in [0.25, 0.3) is 0 Å². The second-order valence-electron chi connectivity index (χ2n) is 5.16. The van der Waals surface area contributed by atoms with Crippen molar-refractivity contribution >= 4 is 62.8 Å². The van der Waals surface area contributed by atoms with Crippen LogP contribution in [0.15, 0.2) is 23.1 Å². The van der Waals surface area contributed by atoms with Crippen molar-refractivity contribution in [3.8, 4) is 0 Å². The van der Waals surface area contributed by atoms with Gasteiger partial charge >= 0.3 is 0 Å². The summed E-state index contributed by atoms with van der Waals surface area (Å²) in [6.07, 6.45) is 3.60. The highest BCUT2D eigenvalue weighted by Gasteiger charge is 2.39. The summed E-state index contributed by atoms with van der Waals surface area (Å²) in [5.74, 6) is -0.312. The van der Waals surface area contributed by atoms with Gasteiger partial charge in [-0.05, 0) is 18.8 Å². The van der Waals surface area contributed by atoms with E-state index in [2.05, 4.69) is 0 Å². The highest BCUT2D eigenvalue weighted by molar-refractivity contribution is 6.63. The summed E-state index contributed by atoms with van der Waals surface area (Å²) in [5, 5.41) is 6.77. The van der Waals surface area contributed by atoms with Crippen LogP contribution >= 0.6 is 0 Å². The molecule has 0 saturated carbocycles. The van der Waals surface area contributed by atoms with Gasteiger partial charge in [0.2, 0.25) is 0 Å². The van der Waals surface area contributed by atoms with Crippen LogP contribution in [-0.2, 0) is 0 Å². The van der Waals surface area contributed by atoms with Crippen LogP contribution in [0, 0.1) is 5.92 Å². The second-order valence-corrected chi connectivity index (χ2v) is 5.16. The molecule has 19 heavy (non-hydrogen) atoms. The average molecular weight is 231 g/mol. The summed E-state index contributed by atoms with van der Waals surface area (Å²) in [7, 11) is 44.6. The minimum atomic E-state index is -1.75. The van der Waals surface area contributed by atoms with E-state index in [1.807, 2.05) is 0 Å². The Labute approximate surface area is 126 Å². The smallest absolute Gasteiger partial charge is 0.0921 e. The molecular formula is C10H8B8O. The Hall–Kier alpha value is -0.0405. The summed E-state index contributed by atoms with van der Waals surface area (Å²) in [4.78, 5) is 0. The SMILES string of the molecule is [B]C([B])=C(C1C=CC(O)(C([B])([B])[B])CC1)C([B])([B])[B]. The van der Waals surface area contributed by atoms with Crippen molar-refractivity contribution in [3.05, 3.63) is 23.1 Å². The zero-order valence-electron chi connectivity index (χ0n) is 10.7. The molecule has 0 aromatic rings. The van der Waals surface area contributed by atoms with Crippen LogP contribution in [0.3, 0.4) is 0 Å². The molecule has 0 aromatic heterocycles. The zero-order valence-corrected chi connectivity index (χ0v) is 10.7. The maximum absolute atomic E-state index is 10.2. The highest BCUT2D eigenvalue weighted by Crippen LogP contribution is 2.43. The van der Waals surface area contributed by atoms with E-state index in [1.54, 1.807) is 6.08 Å². The molecular weight excluding hydrogens is 223 g/mol. The minimum Gasteiger partial charge on any atom is -0.388 e. The molecule has 16 radical (unpaired) electrons. The molecule has 1 aliphatic carbocycles. The summed E-state index contributed by atoms with van der Waals surface area (Å²) in [6, 6.07) is 0. The maximum atomic E-state index is 10.2. The quantitative estimate of drug-likeness (QED) is 0.457. The van der Waals surface area contributed by atoms with Gasteiger partial charge in [-0.25, -0.2) is 0 Å². The predicted octanol–water partition coefficient (Wildman–Crippen LogP) is -1.61. The molecule has 0 bridgehead atoms. The van der Waals surface area contributed by atoms with E-state index in [9.17, 15) is 5.11 Å². The molecule has 9 heteroatoms. The first-order valence-electron chi connectivity index (χ1n) is 5.79. The zero-order chi connectivity index (χ0) is 15.1. The van der Waals surface area contributed by atoms with Gasteiger partial charge in [0.15, 0.2) is 0 Å². The Morgan fingerprint density at radius 1 is 1.11 bits per heavy atom. The highest BCUT2D eigenvalue weighted by atomic mass is 16.3. The molecule has 78 valence electrons. The first-order chi connectivity index (χ1) is 8.38. The van der Waals surface area contributed by atoms with Crippen LogP contribution < -0.4 is 0 Å². The van der Waals surface area contributed by atoms with Crippen LogP contribution in [0.5, 0.6) is 0 Å². The van der Waals surface area contributed by atoms with Crippen molar-refractivity contribution in [1.82, 2.24) is 0 Å². The van der Waals surface area contributed by atoms with Gasteiger partial charge in [0.05, 0.1) is 68.4 Å². The molecule has 0 fully saturated rings. The van der Waals surface area contributed by atoms with Gasteiger partial charge in [-0.1, -0.05) is 17.3 Å². The Morgan fingerprint density at radius 3 is 1.89 bits per heavy atom. The number of hydrogen-bond acceptors (Lipinski definition) is 1. The first kappa shape index (κ1) is 17.0.